The van der Waals surface area contributed by atoms with Crippen molar-refractivity contribution >= 4 is 12.2 Å². The van der Waals surface area contributed by atoms with E-state index in [1.54, 1.807) is 0 Å². The first kappa shape index (κ1) is 17.1. The number of rotatable bonds is 5. The summed E-state index contributed by atoms with van der Waals surface area (Å²) in [6.07, 6.45) is 7.38. The van der Waals surface area contributed by atoms with Crippen LogP contribution in [0.2, 0.25) is 0 Å². The Balaban J connectivity index is 2.36. The van der Waals surface area contributed by atoms with E-state index in [0.717, 1.165) is 47.1 Å². The van der Waals surface area contributed by atoms with E-state index in [1.165, 1.54) is 5.56 Å². The predicted octanol–water partition coefficient (Wildman–Crippen LogP) is 5.54. The second kappa shape index (κ2) is 7.36. The highest BCUT2D eigenvalue weighted by Crippen LogP contribution is 2.27. The fourth-order valence-electron chi connectivity index (χ4n) is 2.77. The maximum atomic E-state index is 9.96. The van der Waals surface area contributed by atoms with Gasteiger partial charge in [-0.1, -0.05) is 25.5 Å². The summed E-state index contributed by atoms with van der Waals surface area (Å²) in [7, 11) is 0. The Kier molecular flexibility index (Phi) is 5.49. The molecule has 0 radical (unpaired) electrons. The summed E-state index contributed by atoms with van der Waals surface area (Å²) in [4.78, 5) is 0. The molecular weight excluding hydrogens is 284 g/mol. The van der Waals surface area contributed by atoms with Crippen LogP contribution in [-0.2, 0) is 6.42 Å². The van der Waals surface area contributed by atoms with Crippen molar-refractivity contribution in [2.24, 2.45) is 0 Å². The van der Waals surface area contributed by atoms with E-state index in [1.807, 2.05) is 45.0 Å². The lowest BCUT2D eigenvalue weighted by Gasteiger charge is -2.09. The maximum absolute atomic E-state index is 9.96. The molecule has 2 N–H and O–H groups in total. The van der Waals surface area contributed by atoms with Crippen molar-refractivity contribution in [3.05, 3.63) is 57.6 Å². The lowest BCUT2D eigenvalue weighted by molar-refractivity contribution is 0.467. The highest BCUT2D eigenvalue weighted by Gasteiger charge is 2.06. The van der Waals surface area contributed by atoms with E-state index in [0.29, 0.717) is 11.5 Å². The van der Waals surface area contributed by atoms with E-state index in [-0.39, 0.29) is 0 Å². The van der Waals surface area contributed by atoms with Gasteiger partial charge in [0.05, 0.1) is 0 Å². The van der Waals surface area contributed by atoms with Crippen LogP contribution in [0.5, 0.6) is 11.5 Å². The first-order valence-corrected chi connectivity index (χ1v) is 8.23. The van der Waals surface area contributed by atoms with E-state index in [9.17, 15) is 10.2 Å². The fraction of sp³-hybridized carbons (Fsp3) is 0.333. The van der Waals surface area contributed by atoms with Gasteiger partial charge in [-0.3, -0.25) is 0 Å². The average molecular weight is 310 g/mol. The van der Waals surface area contributed by atoms with Crippen molar-refractivity contribution in [2.75, 3.05) is 0 Å². The number of aryl methyl sites for hydroxylation is 4. The lowest BCUT2D eigenvalue weighted by atomic mass is 9.97. The van der Waals surface area contributed by atoms with Gasteiger partial charge in [-0.15, -0.1) is 0 Å². The van der Waals surface area contributed by atoms with Crippen LogP contribution in [0.3, 0.4) is 0 Å². The molecule has 0 bridgehead atoms. The predicted molar refractivity (Wildman–Crippen MR) is 98.0 cm³/mol. The average Bonchev–Trinajstić information content (AvgIpc) is 2.51. The Labute approximate surface area is 139 Å². The fourth-order valence-corrected chi connectivity index (χ4v) is 2.77. The number of hydrogen-bond donors (Lipinski definition) is 2. The smallest absolute Gasteiger partial charge is 0.121 e. The van der Waals surface area contributed by atoms with Gasteiger partial charge >= 0.3 is 0 Å². The second-order valence-electron chi connectivity index (χ2n) is 6.28. The number of phenols is 2. The third-order valence-electron chi connectivity index (χ3n) is 4.23. The third kappa shape index (κ3) is 4.16. The van der Waals surface area contributed by atoms with Crippen molar-refractivity contribution in [3.8, 4) is 11.5 Å². The number of unbranched alkanes of at least 4 members (excludes halogenated alkanes) is 1. The number of aromatic hydroxyl groups is 2. The molecule has 0 aliphatic heterocycles. The monoisotopic (exact) mass is 310 g/mol. The summed E-state index contributed by atoms with van der Waals surface area (Å²) in [5.74, 6) is 0.732. The van der Waals surface area contributed by atoms with Crippen LogP contribution in [0.15, 0.2) is 24.3 Å². The quantitative estimate of drug-likeness (QED) is 0.712. The largest absolute Gasteiger partial charge is 0.508 e. The molecule has 2 nitrogen and oxygen atoms in total. The standard InChI is InChI=1S/C21H26O2/c1-5-6-7-18-13-20(22)14(2)12-19(18)9-8-17-10-15(3)21(23)16(4)11-17/h8-13,22-23H,5-7H2,1-4H3. The Morgan fingerprint density at radius 3 is 2.13 bits per heavy atom. The Hall–Kier alpha value is -2.22. The topological polar surface area (TPSA) is 40.5 Å². The van der Waals surface area contributed by atoms with Crippen LogP contribution < -0.4 is 0 Å². The molecule has 0 saturated heterocycles. The zero-order chi connectivity index (χ0) is 17.0. The van der Waals surface area contributed by atoms with Crippen molar-refractivity contribution in [3.63, 3.8) is 0 Å². The Morgan fingerprint density at radius 1 is 0.870 bits per heavy atom. The third-order valence-corrected chi connectivity index (χ3v) is 4.23. The highest BCUT2D eigenvalue weighted by atomic mass is 16.3. The molecule has 122 valence electrons. The zero-order valence-electron chi connectivity index (χ0n) is 14.5. The Morgan fingerprint density at radius 2 is 1.52 bits per heavy atom. The van der Waals surface area contributed by atoms with Gasteiger partial charge in [0, 0.05) is 0 Å². The first-order chi connectivity index (χ1) is 10.9. The molecule has 0 saturated carbocycles. The summed E-state index contributed by atoms with van der Waals surface area (Å²) in [5.41, 5.74) is 6.07. The van der Waals surface area contributed by atoms with Gasteiger partial charge in [0.2, 0.25) is 0 Å². The molecule has 0 aliphatic rings. The van der Waals surface area contributed by atoms with E-state index < -0.39 is 0 Å². The lowest BCUT2D eigenvalue weighted by Crippen LogP contribution is -1.91. The van der Waals surface area contributed by atoms with Gasteiger partial charge in [-0.2, -0.15) is 0 Å². The number of benzene rings is 2. The van der Waals surface area contributed by atoms with E-state index in [2.05, 4.69) is 19.1 Å². The van der Waals surface area contributed by atoms with Gasteiger partial charge in [0.25, 0.3) is 0 Å². The van der Waals surface area contributed by atoms with Crippen LogP contribution in [0.4, 0.5) is 0 Å². The summed E-state index contributed by atoms with van der Waals surface area (Å²) in [6, 6.07) is 7.89. The van der Waals surface area contributed by atoms with E-state index >= 15 is 0 Å². The van der Waals surface area contributed by atoms with Gasteiger partial charge in [0.15, 0.2) is 0 Å². The molecular formula is C21H26O2. The molecule has 0 atom stereocenters. The molecule has 0 fully saturated rings. The van der Waals surface area contributed by atoms with Crippen molar-refractivity contribution in [1.29, 1.82) is 0 Å². The van der Waals surface area contributed by atoms with Gasteiger partial charge in [-0.05, 0) is 91.3 Å². The SMILES string of the molecule is CCCCc1cc(O)c(C)cc1C=Cc1cc(C)c(O)c(C)c1. The van der Waals surface area contributed by atoms with Gasteiger partial charge in [-0.25, -0.2) is 0 Å². The van der Waals surface area contributed by atoms with Crippen LogP contribution in [0.25, 0.3) is 12.2 Å². The molecule has 0 spiro atoms. The molecule has 0 aromatic heterocycles. The summed E-state index contributed by atoms with van der Waals surface area (Å²) < 4.78 is 0. The molecule has 23 heavy (non-hydrogen) atoms. The molecule has 0 heterocycles. The van der Waals surface area contributed by atoms with Crippen molar-refractivity contribution in [2.45, 2.75) is 47.0 Å². The molecule has 0 amide bonds. The zero-order valence-corrected chi connectivity index (χ0v) is 14.5. The highest BCUT2D eigenvalue weighted by molar-refractivity contribution is 5.73. The Bertz CT molecular complexity index is 704. The molecule has 2 heteroatoms. The maximum Gasteiger partial charge on any atom is 0.121 e. The first-order valence-electron chi connectivity index (χ1n) is 8.23. The summed E-state index contributed by atoms with van der Waals surface area (Å²) in [6.45, 7) is 7.92. The van der Waals surface area contributed by atoms with Crippen LogP contribution in [-0.4, -0.2) is 10.2 Å². The normalized spacial score (nSPS) is 11.3. The molecule has 2 aromatic carbocycles. The minimum atomic E-state index is 0.365. The number of phenolic OH excluding ortho intramolecular Hbond substituents is 2. The van der Waals surface area contributed by atoms with Gasteiger partial charge < -0.3 is 10.2 Å². The van der Waals surface area contributed by atoms with Gasteiger partial charge in [0.1, 0.15) is 11.5 Å². The van der Waals surface area contributed by atoms with Crippen LogP contribution >= 0.6 is 0 Å². The van der Waals surface area contributed by atoms with Crippen LogP contribution in [0, 0.1) is 20.8 Å². The van der Waals surface area contributed by atoms with Crippen molar-refractivity contribution < 1.29 is 10.2 Å². The molecule has 2 aromatic rings. The number of hydrogen-bond acceptors (Lipinski definition) is 2. The molecule has 2 rings (SSSR count). The minimum Gasteiger partial charge on any atom is -0.508 e. The molecule has 0 aliphatic carbocycles. The summed E-state index contributed by atoms with van der Waals surface area (Å²) in [5, 5.41) is 19.8. The minimum absolute atomic E-state index is 0.365. The van der Waals surface area contributed by atoms with Crippen LogP contribution in [0.1, 0.15) is 53.1 Å². The molecule has 0 unspecified atom stereocenters. The summed E-state index contributed by atoms with van der Waals surface area (Å²) >= 11 is 0. The van der Waals surface area contributed by atoms with E-state index in [4.69, 9.17) is 0 Å². The van der Waals surface area contributed by atoms with Crippen molar-refractivity contribution in [1.82, 2.24) is 0 Å². The second-order valence-corrected chi connectivity index (χ2v) is 6.28.